The van der Waals surface area contributed by atoms with Crippen molar-refractivity contribution in [3.8, 4) is 0 Å². The third kappa shape index (κ3) is 1.96. The first-order chi connectivity index (χ1) is 9.93. The molecule has 1 aliphatic rings. The van der Waals surface area contributed by atoms with Crippen LogP contribution in [0.3, 0.4) is 0 Å². The van der Waals surface area contributed by atoms with Gasteiger partial charge in [0.05, 0.1) is 24.2 Å². The summed E-state index contributed by atoms with van der Waals surface area (Å²) >= 11 is 0. The fraction of sp³-hybridized carbons (Fsp3) is 0.312. The lowest BCUT2D eigenvalue weighted by Crippen LogP contribution is -2.29. The first kappa shape index (κ1) is 13.5. The van der Waals surface area contributed by atoms with Crippen molar-refractivity contribution >= 4 is 11.8 Å². The van der Waals surface area contributed by atoms with E-state index in [1.165, 1.54) is 0 Å². The number of ketones is 1. The molecule has 108 valence electrons. The largest absolute Gasteiger partial charge is 0.481 e. The van der Waals surface area contributed by atoms with E-state index in [9.17, 15) is 9.59 Å². The van der Waals surface area contributed by atoms with Gasteiger partial charge in [0, 0.05) is 17.5 Å². The van der Waals surface area contributed by atoms with Gasteiger partial charge in [-0.1, -0.05) is 38.1 Å². The second kappa shape index (κ2) is 4.55. The smallest absolute Gasteiger partial charge is 0.309 e. The molecule has 5 heteroatoms. The Labute approximate surface area is 122 Å². The monoisotopic (exact) mass is 284 g/mol. The molecule has 0 amide bonds. The Morgan fingerprint density at radius 1 is 1.38 bits per heavy atom. The lowest BCUT2D eigenvalue weighted by molar-refractivity contribution is -0.136. The fourth-order valence-corrected chi connectivity index (χ4v) is 3.16. The maximum absolute atomic E-state index is 12.6. The summed E-state index contributed by atoms with van der Waals surface area (Å²) < 4.78 is 1.82. The summed E-state index contributed by atoms with van der Waals surface area (Å²) in [7, 11) is 0. The molecule has 0 spiro atoms. The van der Waals surface area contributed by atoms with Crippen LogP contribution in [0.15, 0.2) is 36.8 Å². The van der Waals surface area contributed by atoms with Crippen LogP contribution in [0, 0.1) is 5.41 Å². The molecule has 1 unspecified atom stereocenters. The van der Waals surface area contributed by atoms with Gasteiger partial charge in [0.15, 0.2) is 5.78 Å². The third-order valence-electron chi connectivity index (χ3n) is 4.13. The van der Waals surface area contributed by atoms with Crippen molar-refractivity contribution in [2.75, 3.05) is 0 Å². The average Bonchev–Trinajstić information content (AvgIpc) is 2.92. The molecule has 0 bridgehead atoms. The summed E-state index contributed by atoms with van der Waals surface area (Å²) in [5.41, 5.74) is 1.61. The Morgan fingerprint density at radius 3 is 2.81 bits per heavy atom. The van der Waals surface area contributed by atoms with E-state index in [0.717, 1.165) is 5.56 Å². The topological polar surface area (TPSA) is 72.2 Å². The van der Waals surface area contributed by atoms with Crippen LogP contribution in [0.25, 0.3) is 0 Å². The van der Waals surface area contributed by atoms with Crippen molar-refractivity contribution in [3.63, 3.8) is 0 Å². The fourth-order valence-electron chi connectivity index (χ4n) is 3.16. The van der Waals surface area contributed by atoms with Gasteiger partial charge in [0.2, 0.25) is 0 Å². The van der Waals surface area contributed by atoms with E-state index >= 15 is 0 Å². The molecule has 0 aliphatic heterocycles. The molecule has 1 aromatic heterocycles. The predicted molar refractivity (Wildman–Crippen MR) is 76.3 cm³/mol. The molecule has 0 radical (unpaired) electrons. The van der Waals surface area contributed by atoms with Gasteiger partial charge in [0.1, 0.15) is 0 Å². The second-order valence-corrected chi connectivity index (χ2v) is 5.90. The number of aromatic nitrogens is 2. The van der Waals surface area contributed by atoms with Gasteiger partial charge in [-0.25, -0.2) is 4.98 Å². The zero-order chi connectivity index (χ0) is 15.2. The molecule has 5 nitrogen and oxygen atoms in total. The van der Waals surface area contributed by atoms with Crippen LogP contribution in [0.1, 0.15) is 41.5 Å². The van der Waals surface area contributed by atoms with Crippen molar-refractivity contribution in [1.82, 2.24) is 9.55 Å². The van der Waals surface area contributed by atoms with Crippen LogP contribution in [-0.2, 0) is 11.2 Å². The van der Waals surface area contributed by atoms with Gasteiger partial charge in [0.25, 0.3) is 0 Å². The highest BCUT2D eigenvalue weighted by Gasteiger charge is 2.47. The van der Waals surface area contributed by atoms with E-state index in [-0.39, 0.29) is 18.2 Å². The normalized spacial score (nSPS) is 19.5. The van der Waals surface area contributed by atoms with E-state index < -0.39 is 11.4 Å². The Morgan fingerprint density at radius 2 is 2.10 bits per heavy atom. The highest BCUT2D eigenvalue weighted by atomic mass is 16.4. The van der Waals surface area contributed by atoms with Crippen molar-refractivity contribution in [1.29, 1.82) is 0 Å². The summed E-state index contributed by atoms with van der Waals surface area (Å²) in [5.74, 6) is -0.828. The highest BCUT2D eigenvalue weighted by Crippen LogP contribution is 2.47. The molecule has 1 N–H and O–H groups in total. The number of rotatable bonds is 3. The lowest BCUT2D eigenvalue weighted by atomic mass is 9.84. The van der Waals surface area contributed by atoms with Crippen LogP contribution < -0.4 is 0 Å². The number of benzene rings is 1. The minimum Gasteiger partial charge on any atom is -0.481 e. The number of nitrogens with zero attached hydrogens (tertiary/aromatic N) is 2. The molecule has 1 aromatic carbocycles. The Hall–Kier alpha value is -2.43. The van der Waals surface area contributed by atoms with Crippen LogP contribution in [0.2, 0.25) is 0 Å². The van der Waals surface area contributed by atoms with Crippen molar-refractivity contribution in [2.45, 2.75) is 26.3 Å². The van der Waals surface area contributed by atoms with E-state index in [0.29, 0.717) is 11.3 Å². The van der Waals surface area contributed by atoms with Crippen LogP contribution in [0.4, 0.5) is 0 Å². The minimum atomic E-state index is -0.910. The molecule has 0 saturated carbocycles. The third-order valence-corrected chi connectivity index (χ3v) is 4.13. The van der Waals surface area contributed by atoms with Crippen LogP contribution in [0.5, 0.6) is 0 Å². The Kier molecular flexibility index (Phi) is 2.93. The minimum absolute atomic E-state index is 0.0816. The standard InChI is InChI=1S/C16H16N2O3/c1-16(2)14(11-5-3-4-6-12(11)15(16)21)18-9-17-8-10(18)7-13(19)20/h3-6,8-9,14H,7H2,1-2H3,(H,19,20). The van der Waals surface area contributed by atoms with E-state index in [1.807, 2.05) is 42.7 Å². The Balaban J connectivity index is 2.16. The molecule has 1 heterocycles. The molecule has 0 fully saturated rings. The predicted octanol–water partition coefficient (Wildman–Crippen LogP) is 2.32. The maximum Gasteiger partial charge on any atom is 0.309 e. The number of Topliss-reactive ketones (excluding diaryl/α,β-unsaturated/α-hetero) is 1. The average molecular weight is 284 g/mol. The van der Waals surface area contributed by atoms with Crippen LogP contribution >= 0.6 is 0 Å². The van der Waals surface area contributed by atoms with Gasteiger partial charge in [-0.2, -0.15) is 0 Å². The van der Waals surface area contributed by atoms with E-state index in [4.69, 9.17) is 5.11 Å². The molecular formula is C16H16N2O3. The van der Waals surface area contributed by atoms with Gasteiger partial charge < -0.3 is 9.67 Å². The molecule has 21 heavy (non-hydrogen) atoms. The number of hydrogen-bond donors (Lipinski definition) is 1. The van der Waals surface area contributed by atoms with Crippen molar-refractivity contribution in [3.05, 3.63) is 53.6 Å². The first-order valence-electron chi connectivity index (χ1n) is 6.79. The number of fused-ring (bicyclic) bond motifs is 1. The Bertz CT molecular complexity index is 731. The molecule has 3 rings (SSSR count). The number of carboxylic acid groups (broad SMARTS) is 1. The number of imidazole rings is 1. The summed E-state index contributed by atoms with van der Waals surface area (Å²) in [6.07, 6.45) is 3.05. The van der Waals surface area contributed by atoms with Gasteiger partial charge >= 0.3 is 5.97 Å². The molecule has 2 aromatic rings. The first-order valence-corrected chi connectivity index (χ1v) is 6.79. The number of carbonyl (C=O) groups is 2. The highest BCUT2D eigenvalue weighted by molar-refractivity contribution is 6.05. The van der Waals surface area contributed by atoms with Gasteiger partial charge in [-0.3, -0.25) is 9.59 Å². The summed E-state index contributed by atoms with van der Waals surface area (Å²) in [4.78, 5) is 27.7. The summed E-state index contributed by atoms with van der Waals surface area (Å²) in [5, 5.41) is 9.02. The lowest BCUT2D eigenvalue weighted by Gasteiger charge is -2.28. The SMILES string of the molecule is CC1(C)C(=O)c2ccccc2C1n1cncc1CC(=O)O. The quantitative estimate of drug-likeness (QED) is 0.938. The summed E-state index contributed by atoms with van der Waals surface area (Å²) in [6, 6.07) is 7.28. The number of aliphatic carboxylic acids is 1. The van der Waals surface area contributed by atoms with Crippen molar-refractivity contribution < 1.29 is 14.7 Å². The van der Waals surface area contributed by atoms with Crippen molar-refractivity contribution in [2.24, 2.45) is 5.41 Å². The second-order valence-electron chi connectivity index (χ2n) is 5.90. The number of carboxylic acids is 1. The van der Waals surface area contributed by atoms with E-state index in [1.54, 1.807) is 12.5 Å². The van der Waals surface area contributed by atoms with E-state index in [2.05, 4.69) is 4.98 Å². The molecule has 1 aliphatic carbocycles. The maximum atomic E-state index is 12.6. The van der Waals surface area contributed by atoms with Crippen LogP contribution in [-0.4, -0.2) is 26.4 Å². The number of carbonyl (C=O) groups excluding carboxylic acids is 1. The number of hydrogen-bond acceptors (Lipinski definition) is 3. The molecule has 0 saturated heterocycles. The zero-order valence-corrected chi connectivity index (χ0v) is 11.9. The molecule has 1 atom stereocenters. The van der Waals surface area contributed by atoms with Gasteiger partial charge in [-0.15, -0.1) is 0 Å². The molecular weight excluding hydrogens is 268 g/mol. The summed E-state index contributed by atoms with van der Waals surface area (Å²) in [6.45, 7) is 3.79. The zero-order valence-electron chi connectivity index (χ0n) is 11.9. The van der Waals surface area contributed by atoms with Gasteiger partial charge in [-0.05, 0) is 5.56 Å².